The molecule has 4 aliphatic rings. The van der Waals surface area contributed by atoms with Gasteiger partial charge in [-0.3, -0.25) is 19.4 Å². The maximum Gasteiger partial charge on any atom is 0.285 e. The molecule has 0 spiro atoms. The number of thiocarbonyl (C=S) groups is 2. The van der Waals surface area contributed by atoms with E-state index in [9.17, 15) is 9.59 Å². The molecule has 4 aromatic heterocycles. The molecule has 44 heavy (non-hydrogen) atoms. The minimum atomic E-state index is -0.183. The summed E-state index contributed by atoms with van der Waals surface area (Å²) in [7, 11) is 0. The van der Waals surface area contributed by atoms with Gasteiger partial charge in [-0.05, 0) is 71.8 Å². The average molecular weight is 729 g/mol. The van der Waals surface area contributed by atoms with Crippen molar-refractivity contribution in [3.05, 3.63) is 34.4 Å². The lowest BCUT2D eigenvalue weighted by atomic mass is 9.82. The molecule has 0 atom stereocenters. The van der Waals surface area contributed by atoms with E-state index < -0.39 is 0 Å². The van der Waals surface area contributed by atoms with Gasteiger partial charge < -0.3 is 0 Å². The summed E-state index contributed by atoms with van der Waals surface area (Å²) in [6, 6.07) is 4.33. The van der Waals surface area contributed by atoms with Crippen molar-refractivity contribution in [3.63, 3.8) is 0 Å². The van der Waals surface area contributed by atoms with Gasteiger partial charge in [0.2, 0.25) is 0 Å². The molecule has 6 nitrogen and oxygen atoms in total. The number of nitrogens with zero attached hydrogens (tertiary/aromatic N) is 4. The molecule has 6 heterocycles. The van der Waals surface area contributed by atoms with E-state index in [0.717, 1.165) is 10.0 Å². The molecule has 2 saturated heterocycles. The minimum absolute atomic E-state index is 0.104. The zero-order valence-electron chi connectivity index (χ0n) is 24.4. The smallest absolute Gasteiger partial charge is 0.285 e. The van der Waals surface area contributed by atoms with Gasteiger partial charge in [-0.15, -0.1) is 45.3 Å². The topological polar surface area (TPSA) is 65.3 Å². The number of fused-ring (bicyclic) bond motifs is 9. The Bertz CT molecular complexity index is 1950. The number of thiophene rings is 4. The molecule has 2 fully saturated rings. The standard InChI is InChI=1S/C30H24N4O2S8/c1-7-33-25(35)23(43-27(33)37)31-13-9-11-17(39-13)19-15(29(11,3)4)21-22(41-19)16-20(42-21)18-12(30(16,5)6)10-14(40-18)32-24-26(36)34(8-2)28(38)44-24/h9-10H,7-8H2,1-6H3. The number of hydrogen-bond donors (Lipinski definition) is 0. The Labute approximate surface area is 289 Å². The predicted octanol–water partition coefficient (Wildman–Crippen LogP) is 9.52. The van der Waals surface area contributed by atoms with Crippen molar-refractivity contribution in [3.8, 4) is 19.5 Å². The van der Waals surface area contributed by atoms with Crippen LogP contribution in [0.3, 0.4) is 0 Å². The second kappa shape index (κ2) is 9.86. The molecule has 224 valence electrons. The number of hydrogen-bond acceptors (Lipinski definition) is 12. The zero-order chi connectivity index (χ0) is 31.0. The molecule has 2 amide bonds. The summed E-state index contributed by atoms with van der Waals surface area (Å²) in [6.45, 7) is 14.2. The summed E-state index contributed by atoms with van der Waals surface area (Å²) < 4.78 is 3.88. The van der Waals surface area contributed by atoms with Crippen molar-refractivity contribution in [2.24, 2.45) is 9.98 Å². The van der Waals surface area contributed by atoms with E-state index in [1.807, 2.05) is 36.5 Å². The molecule has 2 aliphatic heterocycles. The summed E-state index contributed by atoms with van der Waals surface area (Å²) in [5, 5.41) is 2.62. The molecular formula is C30H24N4O2S8. The first-order valence-corrected chi connectivity index (χ1v) is 19.7. The van der Waals surface area contributed by atoms with Crippen LogP contribution in [0, 0.1) is 0 Å². The molecule has 0 saturated carbocycles. The first-order valence-electron chi connectivity index (χ1n) is 14.0. The maximum atomic E-state index is 12.8. The Balaban J connectivity index is 1.20. The molecule has 0 bridgehead atoms. The summed E-state index contributed by atoms with van der Waals surface area (Å²) in [6.07, 6.45) is 0. The van der Waals surface area contributed by atoms with Gasteiger partial charge in [0, 0.05) is 23.9 Å². The Hall–Kier alpha value is -1.78. The van der Waals surface area contributed by atoms with Crippen LogP contribution in [0.4, 0.5) is 10.0 Å². The van der Waals surface area contributed by atoms with Crippen LogP contribution < -0.4 is 0 Å². The predicted molar refractivity (Wildman–Crippen MR) is 200 cm³/mol. The summed E-state index contributed by atoms with van der Waals surface area (Å²) in [4.78, 5) is 43.6. The van der Waals surface area contributed by atoms with Crippen molar-refractivity contribution in [2.75, 3.05) is 13.1 Å². The molecular weight excluding hydrogens is 705 g/mol. The minimum Gasteiger partial charge on any atom is -0.292 e. The number of rotatable bonds is 4. The fourth-order valence-corrected chi connectivity index (χ4v) is 15.3. The number of amides is 2. The lowest BCUT2D eigenvalue weighted by Gasteiger charge is -2.20. The van der Waals surface area contributed by atoms with Gasteiger partial charge in [0.15, 0.2) is 10.1 Å². The van der Waals surface area contributed by atoms with E-state index in [1.165, 1.54) is 74.7 Å². The molecule has 14 heteroatoms. The van der Waals surface area contributed by atoms with Crippen LogP contribution >= 0.6 is 93.3 Å². The molecule has 4 aromatic rings. The van der Waals surface area contributed by atoms with Gasteiger partial charge in [0.1, 0.15) is 18.6 Å². The summed E-state index contributed by atoms with van der Waals surface area (Å²) in [5.74, 6) is -0.208. The Morgan fingerprint density at radius 1 is 0.659 bits per heavy atom. The van der Waals surface area contributed by atoms with Crippen LogP contribution in [0.5, 0.6) is 0 Å². The Morgan fingerprint density at radius 3 is 1.39 bits per heavy atom. The normalized spacial score (nSPS) is 21.5. The average Bonchev–Trinajstić information content (AvgIpc) is 3.79. The molecule has 2 aliphatic carbocycles. The first kappa shape index (κ1) is 29.6. The molecule has 0 unspecified atom stereocenters. The highest BCUT2D eigenvalue weighted by Gasteiger charge is 2.47. The SMILES string of the molecule is CCN1C(=O)C(=Nc2cc3c(s2)-c2sc4c5c(sc4c2C3(C)C)-c2sc(N=C3SC(=S)N(CC)C3=O)cc2C5(C)C)SC1=S. The third kappa shape index (κ3) is 3.88. The van der Waals surface area contributed by atoms with E-state index >= 15 is 0 Å². The van der Waals surface area contributed by atoms with Crippen LogP contribution in [-0.2, 0) is 20.4 Å². The fraction of sp³-hybridized carbons (Fsp3) is 0.333. The highest BCUT2D eigenvalue weighted by Crippen LogP contribution is 2.66. The van der Waals surface area contributed by atoms with E-state index in [-0.39, 0.29) is 22.6 Å². The fourth-order valence-electron chi connectivity index (χ4n) is 6.44. The van der Waals surface area contributed by atoms with Gasteiger partial charge in [0.25, 0.3) is 11.8 Å². The third-order valence-electron chi connectivity index (χ3n) is 8.69. The molecule has 0 N–H and O–H groups in total. The van der Waals surface area contributed by atoms with Gasteiger partial charge in [-0.25, -0.2) is 9.98 Å². The van der Waals surface area contributed by atoms with Gasteiger partial charge in [-0.1, -0.05) is 52.1 Å². The van der Waals surface area contributed by atoms with Crippen LogP contribution in [0.1, 0.15) is 63.8 Å². The van der Waals surface area contributed by atoms with Crippen molar-refractivity contribution < 1.29 is 9.59 Å². The quantitative estimate of drug-likeness (QED) is 0.195. The van der Waals surface area contributed by atoms with E-state index in [0.29, 0.717) is 31.8 Å². The van der Waals surface area contributed by atoms with Crippen molar-refractivity contribution in [1.29, 1.82) is 0 Å². The number of carbonyl (C=O) groups excluding carboxylic acids is 2. The van der Waals surface area contributed by atoms with Gasteiger partial charge in [0.05, 0.1) is 28.9 Å². The van der Waals surface area contributed by atoms with Crippen molar-refractivity contribution in [2.45, 2.75) is 52.4 Å². The van der Waals surface area contributed by atoms with Crippen LogP contribution in [-0.4, -0.2) is 53.4 Å². The number of carbonyl (C=O) groups is 2. The second-order valence-corrected chi connectivity index (χ2v) is 19.2. The zero-order valence-corrected chi connectivity index (χ0v) is 31.0. The maximum absolute atomic E-state index is 12.8. The van der Waals surface area contributed by atoms with Gasteiger partial charge >= 0.3 is 0 Å². The lowest BCUT2D eigenvalue weighted by molar-refractivity contribution is -0.120. The molecule has 8 rings (SSSR count). The van der Waals surface area contributed by atoms with Crippen molar-refractivity contribution in [1.82, 2.24) is 9.80 Å². The third-order valence-corrected chi connectivity index (χ3v) is 16.3. The van der Waals surface area contributed by atoms with Crippen LogP contribution in [0.2, 0.25) is 0 Å². The molecule has 0 radical (unpaired) electrons. The van der Waals surface area contributed by atoms with Crippen molar-refractivity contribution >= 4 is 143 Å². The number of aliphatic imine (C=N–C) groups is 2. The lowest BCUT2D eigenvalue weighted by Crippen LogP contribution is -2.29. The van der Waals surface area contributed by atoms with Crippen LogP contribution in [0.15, 0.2) is 22.1 Å². The largest absolute Gasteiger partial charge is 0.292 e. The number of thioether (sulfide) groups is 2. The highest BCUT2D eigenvalue weighted by atomic mass is 32.2. The van der Waals surface area contributed by atoms with Gasteiger partial charge in [-0.2, -0.15) is 0 Å². The van der Waals surface area contributed by atoms with Crippen LogP contribution in [0.25, 0.3) is 28.9 Å². The summed E-state index contributed by atoms with van der Waals surface area (Å²) in [5.41, 5.74) is 4.98. The Morgan fingerprint density at radius 2 is 1.05 bits per heavy atom. The first-order chi connectivity index (χ1) is 20.9. The van der Waals surface area contributed by atoms with E-state index in [2.05, 4.69) is 39.8 Å². The Kier molecular flexibility index (Phi) is 6.64. The second-order valence-electron chi connectivity index (χ2n) is 11.8. The van der Waals surface area contributed by atoms with E-state index in [4.69, 9.17) is 34.4 Å². The van der Waals surface area contributed by atoms with E-state index in [1.54, 1.807) is 32.5 Å². The summed E-state index contributed by atoms with van der Waals surface area (Å²) >= 11 is 20.5. The highest BCUT2D eigenvalue weighted by molar-refractivity contribution is 8.35. The molecule has 0 aromatic carbocycles. The monoisotopic (exact) mass is 728 g/mol.